The molecule has 1 rings (SSSR count). The number of ether oxygens (including phenoxy) is 2. The molecule has 0 unspecified atom stereocenters. The van der Waals surface area contributed by atoms with Gasteiger partial charge >= 0.3 is 0 Å². The van der Waals surface area contributed by atoms with Crippen LogP contribution in [0.4, 0.5) is 0 Å². The molecule has 0 fully saturated rings. The lowest BCUT2D eigenvalue weighted by Crippen LogP contribution is -2.16. The van der Waals surface area contributed by atoms with E-state index in [1.807, 2.05) is 26.2 Å². The summed E-state index contributed by atoms with van der Waals surface area (Å²) in [6, 6.07) is 3.92. The molecule has 120 valence electrons. The summed E-state index contributed by atoms with van der Waals surface area (Å²) in [4.78, 5) is 2.13. The van der Waals surface area contributed by atoms with Crippen molar-refractivity contribution in [2.75, 3.05) is 40.9 Å². The summed E-state index contributed by atoms with van der Waals surface area (Å²) in [5.41, 5.74) is 1.10. The number of rotatable bonds is 10. The van der Waals surface area contributed by atoms with Crippen molar-refractivity contribution in [2.45, 2.75) is 26.3 Å². The van der Waals surface area contributed by atoms with Gasteiger partial charge in [0.25, 0.3) is 0 Å². The SMILES string of the molecule is CCCNCc1cc(Cl)c(OCCCN(C)C)c(OC)c1. The van der Waals surface area contributed by atoms with Gasteiger partial charge in [-0.05, 0) is 51.2 Å². The van der Waals surface area contributed by atoms with Gasteiger partial charge in [0.05, 0.1) is 18.7 Å². The number of benzene rings is 1. The van der Waals surface area contributed by atoms with Crippen molar-refractivity contribution < 1.29 is 9.47 Å². The average Bonchev–Trinajstić information content (AvgIpc) is 2.44. The Labute approximate surface area is 133 Å². The first kappa shape index (κ1) is 18.1. The summed E-state index contributed by atoms with van der Waals surface area (Å²) in [7, 11) is 5.74. The van der Waals surface area contributed by atoms with Crippen LogP contribution in [0.2, 0.25) is 5.02 Å². The molecule has 0 aliphatic heterocycles. The van der Waals surface area contributed by atoms with E-state index in [4.69, 9.17) is 21.1 Å². The number of methoxy groups -OCH3 is 1. The van der Waals surface area contributed by atoms with Crippen LogP contribution in [-0.2, 0) is 6.54 Å². The largest absolute Gasteiger partial charge is 0.493 e. The highest BCUT2D eigenvalue weighted by Crippen LogP contribution is 2.36. The lowest BCUT2D eigenvalue weighted by molar-refractivity contribution is 0.268. The van der Waals surface area contributed by atoms with Gasteiger partial charge in [-0.1, -0.05) is 18.5 Å². The third-order valence-electron chi connectivity index (χ3n) is 3.04. The van der Waals surface area contributed by atoms with Crippen LogP contribution >= 0.6 is 11.6 Å². The summed E-state index contributed by atoms with van der Waals surface area (Å²) >= 11 is 6.32. The molecule has 0 radical (unpaired) electrons. The molecule has 0 atom stereocenters. The Morgan fingerprint density at radius 3 is 2.67 bits per heavy atom. The number of hydrogen-bond donors (Lipinski definition) is 1. The zero-order valence-electron chi connectivity index (χ0n) is 13.5. The van der Waals surface area contributed by atoms with Crippen LogP contribution in [-0.4, -0.2) is 45.8 Å². The predicted molar refractivity (Wildman–Crippen MR) is 88.7 cm³/mol. The van der Waals surface area contributed by atoms with Crippen molar-refractivity contribution in [3.63, 3.8) is 0 Å². The topological polar surface area (TPSA) is 33.7 Å². The molecular weight excluding hydrogens is 288 g/mol. The number of nitrogens with one attached hydrogen (secondary N) is 1. The van der Waals surface area contributed by atoms with Crippen LogP contribution in [0.25, 0.3) is 0 Å². The van der Waals surface area contributed by atoms with Gasteiger partial charge in [-0.15, -0.1) is 0 Å². The first-order valence-electron chi connectivity index (χ1n) is 7.43. The first-order valence-corrected chi connectivity index (χ1v) is 7.81. The van der Waals surface area contributed by atoms with Crippen LogP contribution in [0, 0.1) is 0 Å². The summed E-state index contributed by atoms with van der Waals surface area (Å²) < 4.78 is 11.2. The van der Waals surface area contributed by atoms with E-state index in [1.54, 1.807) is 7.11 Å². The maximum Gasteiger partial charge on any atom is 0.179 e. The Balaban J connectivity index is 2.66. The molecule has 1 aromatic carbocycles. The quantitative estimate of drug-likeness (QED) is 0.673. The predicted octanol–water partition coefficient (Wildman–Crippen LogP) is 3.18. The second kappa shape index (κ2) is 9.87. The van der Waals surface area contributed by atoms with E-state index >= 15 is 0 Å². The molecule has 5 heteroatoms. The molecule has 0 bridgehead atoms. The van der Waals surface area contributed by atoms with Gasteiger partial charge in [-0.25, -0.2) is 0 Å². The Bertz CT molecular complexity index is 425. The fourth-order valence-electron chi connectivity index (χ4n) is 1.98. The summed E-state index contributed by atoms with van der Waals surface area (Å²) in [5.74, 6) is 1.33. The van der Waals surface area contributed by atoms with E-state index in [0.29, 0.717) is 23.1 Å². The lowest BCUT2D eigenvalue weighted by Gasteiger charge is -2.15. The molecule has 0 aromatic heterocycles. The van der Waals surface area contributed by atoms with Crippen LogP contribution in [0.5, 0.6) is 11.5 Å². The highest BCUT2D eigenvalue weighted by atomic mass is 35.5. The fourth-order valence-corrected chi connectivity index (χ4v) is 2.27. The summed E-state index contributed by atoms with van der Waals surface area (Å²) in [6.45, 7) is 5.53. The minimum atomic E-state index is 0.604. The smallest absolute Gasteiger partial charge is 0.179 e. The minimum absolute atomic E-state index is 0.604. The third kappa shape index (κ3) is 6.55. The van der Waals surface area contributed by atoms with Crippen molar-refractivity contribution in [3.05, 3.63) is 22.7 Å². The van der Waals surface area contributed by atoms with Crippen LogP contribution in [0.15, 0.2) is 12.1 Å². The minimum Gasteiger partial charge on any atom is -0.493 e. The molecule has 0 amide bonds. The molecule has 1 aromatic rings. The second-order valence-electron chi connectivity index (χ2n) is 5.29. The molecule has 1 N–H and O–H groups in total. The van der Waals surface area contributed by atoms with E-state index in [0.717, 1.165) is 38.0 Å². The average molecular weight is 315 g/mol. The van der Waals surface area contributed by atoms with E-state index in [-0.39, 0.29) is 0 Å². The van der Waals surface area contributed by atoms with Crippen molar-refractivity contribution >= 4 is 11.6 Å². The molecule has 0 spiro atoms. The van der Waals surface area contributed by atoms with Crippen LogP contribution in [0.1, 0.15) is 25.3 Å². The molecule has 0 saturated heterocycles. The van der Waals surface area contributed by atoms with Crippen molar-refractivity contribution in [1.82, 2.24) is 10.2 Å². The summed E-state index contributed by atoms with van der Waals surface area (Å²) in [6.07, 6.45) is 2.06. The Morgan fingerprint density at radius 1 is 1.29 bits per heavy atom. The Kier molecular flexibility index (Phi) is 8.50. The molecule has 0 aliphatic rings. The second-order valence-corrected chi connectivity index (χ2v) is 5.70. The highest BCUT2D eigenvalue weighted by Gasteiger charge is 2.12. The van der Waals surface area contributed by atoms with E-state index in [2.05, 4.69) is 17.1 Å². The third-order valence-corrected chi connectivity index (χ3v) is 3.32. The maximum absolute atomic E-state index is 6.32. The van der Waals surface area contributed by atoms with Gasteiger partial charge in [-0.3, -0.25) is 0 Å². The monoisotopic (exact) mass is 314 g/mol. The van der Waals surface area contributed by atoms with Gasteiger partial charge in [-0.2, -0.15) is 0 Å². The van der Waals surface area contributed by atoms with Gasteiger partial charge in [0.2, 0.25) is 0 Å². The molecular formula is C16H27ClN2O2. The van der Waals surface area contributed by atoms with E-state index < -0.39 is 0 Å². The summed E-state index contributed by atoms with van der Waals surface area (Å²) in [5, 5.41) is 3.96. The van der Waals surface area contributed by atoms with Crippen LogP contribution in [0.3, 0.4) is 0 Å². The van der Waals surface area contributed by atoms with E-state index in [1.165, 1.54) is 0 Å². The van der Waals surface area contributed by atoms with Gasteiger partial charge in [0.1, 0.15) is 0 Å². The Hall–Kier alpha value is -0.970. The van der Waals surface area contributed by atoms with Crippen LogP contribution < -0.4 is 14.8 Å². The maximum atomic E-state index is 6.32. The van der Waals surface area contributed by atoms with Gasteiger partial charge in [0, 0.05) is 13.1 Å². The highest BCUT2D eigenvalue weighted by molar-refractivity contribution is 6.32. The van der Waals surface area contributed by atoms with E-state index in [9.17, 15) is 0 Å². The zero-order chi connectivity index (χ0) is 15.7. The number of nitrogens with zero attached hydrogens (tertiary/aromatic N) is 1. The zero-order valence-corrected chi connectivity index (χ0v) is 14.3. The first-order chi connectivity index (χ1) is 10.1. The molecule has 0 saturated carbocycles. The van der Waals surface area contributed by atoms with Crippen molar-refractivity contribution in [3.8, 4) is 11.5 Å². The molecule has 0 heterocycles. The standard InChI is InChI=1S/C16H27ClN2O2/c1-5-7-18-12-13-10-14(17)16(15(11-13)20-4)21-9-6-8-19(2)3/h10-11,18H,5-9,12H2,1-4H3. The number of halogens is 1. The van der Waals surface area contributed by atoms with Crippen molar-refractivity contribution in [2.24, 2.45) is 0 Å². The Morgan fingerprint density at radius 2 is 2.05 bits per heavy atom. The lowest BCUT2D eigenvalue weighted by atomic mass is 10.2. The molecule has 21 heavy (non-hydrogen) atoms. The van der Waals surface area contributed by atoms with Gasteiger partial charge < -0.3 is 19.7 Å². The van der Waals surface area contributed by atoms with Crippen molar-refractivity contribution in [1.29, 1.82) is 0 Å². The van der Waals surface area contributed by atoms with Gasteiger partial charge in [0.15, 0.2) is 11.5 Å². The molecule has 0 aliphatic carbocycles. The normalized spacial score (nSPS) is 11.0. The number of hydrogen-bond acceptors (Lipinski definition) is 4. The fraction of sp³-hybridized carbons (Fsp3) is 0.625. The molecule has 4 nitrogen and oxygen atoms in total.